The number of rotatable bonds is 2. The van der Waals surface area contributed by atoms with Gasteiger partial charge in [0.2, 0.25) is 0 Å². The monoisotopic (exact) mass is 209 g/mol. The molecule has 15 heavy (non-hydrogen) atoms. The van der Waals surface area contributed by atoms with E-state index in [4.69, 9.17) is 10.8 Å². The highest BCUT2D eigenvalue weighted by atomic mass is 16.4. The van der Waals surface area contributed by atoms with Crippen molar-refractivity contribution in [3.63, 3.8) is 0 Å². The molecule has 1 unspecified atom stereocenters. The predicted molar refractivity (Wildman–Crippen MR) is 57.7 cm³/mol. The zero-order chi connectivity index (χ0) is 11.8. The highest BCUT2D eigenvalue weighted by molar-refractivity contribution is 5.93. The molecule has 4 nitrogen and oxygen atoms in total. The number of Topliss-reactive ketones (excluding diaryl/α,β-unsaturated/α-hetero) is 1. The molecule has 0 aromatic heterocycles. The molecule has 0 aliphatic rings. The van der Waals surface area contributed by atoms with Gasteiger partial charge < -0.3 is 10.8 Å². The summed E-state index contributed by atoms with van der Waals surface area (Å²) in [7, 11) is 0. The fraction of sp³-hybridized carbons (Fsp3) is 0.273. The fourth-order valence-electron chi connectivity index (χ4n) is 0.673. The van der Waals surface area contributed by atoms with E-state index in [0.717, 1.165) is 5.56 Å². The molecule has 0 heterocycles. The Kier molecular flexibility index (Phi) is 5.97. The lowest BCUT2D eigenvalue weighted by Gasteiger charge is -1.90. The molecule has 4 heteroatoms. The molecule has 0 aliphatic heterocycles. The zero-order valence-corrected chi connectivity index (χ0v) is 8.81. The molecular weight excluding hydrogens is 194 g/mol. The van der Waals surface area contributed by atoms with Gasteiger partial charge in [-0.3, -0.25) is 9.59 Å². The van der Waals surface area contributed by atoms with E-state index in [1.165, 1.54) is 6.92 Å². The quantitative estimate of drug-likeness (QED) is 0.719. The summed E-state index contributed by atoms with van der Waals surface area (Å²) in [5, 5.41) is 7.87. The van der Waals surface area contributed by atoms with Crippen LogP contribution in [-0.2, 0) is 4.79 Å². The van der Waals surface area contributed by atoms with Gasteiger partial charge in [0, 0.05) is 5.56 Å². The third kappa shape index (κ3) is 6.40. The topological polar surface area (TPSA) is 80.4 Å². The van der Waals surface area contributed by atoms with E-state index in [2.05, 4.69) is 0 Å². The normalized spacial score (nSPS) is 10.9. The lowest BCUT2D eigenvalue weighted by atomic mass is 10.2. The first-order valence-corrected chi connectivity index (χ1v) is 4.49. The minimum absolute atomic E-state index is 0.121. The summed E-state index contributed by atoms with van der Waals surface area (Å²) < 4.78 is 0. The van der Waals surface area contributed by atoms with Crippen LogP contribution >= 0.6 is 0 Å². The van der Waals surface area contributed by atoms with Crippen molar-refractivity contribution in [3.05, 3.63) is 35.9 Å². The van der Waals surface area contributed by atoms with Crippen LogP contribution in [-0.4, -0.2) is 22.9 Å². The maximum Gasteiger partial charge on any atom is 0.320 e. The first-order valence-electron chi connectivity index (χ1n) is 4.49. The lowest BCUT2D eigenvalue weighted by Crippen LogP contribution is -2.25. The van der Waals surface area contributed by atoms with Crippen LogP contribution in [0.4, 0.5) is 0 Å². The molecule has 0 fully saturated rings. The van der Waals surface area contributed by atoms with E-state index in [9.17, 15) is 9.59 Å². The third-order valence-corrected chi connectivity index (χ3v) is 1.57. The number of carbonyl (C=O) groups excluding carboxylic acids is 1. The number of ketones is 1. The summed E-state index contributed by atoms with van der Waals surface area (Å²) >= 11 is 0. The minimum atomic E-state index is -0.963. The van der Waals surface area contributed by atoms with E-state index in [1.807, 2.05) is 30.3 Å². The number of carboxylic acids is 1. The fourth-order valence-corrected chi connectivity index (χ4v) is 0.673. The molecule has 1 rings (SSSR count). The van der Waals surface area contributed by atoms with Crippen LogP contribution in [0.3, 0.4) is 0 Å². The molecule has 0 aliphatic carbocycles. The molecule has 1 aromatic carbocycles. The smallest absolute Gasteiger partial charge is 0.320 e. The second-order valence-electron chi connectivity index (χ2n) is 3.05. The number of carboxylic acid groups (broad SMARTS) is 1. The van der Waals surface area contributed by atoms with Crippen molar-refractivity contribution >= 4 is 11.8 Å². The lowest BCUT2D eigenvalue weighted by molar-refractivity contribution is -0.138. The van der Waals surface area contributed by atoms with Gasteiger partial charge in [0.25, 0.3) is 0 Å². The highest BCUT2D eigenvalue weighted by Crippen LogP contribution is 1.97. The Bertz CT molecular complexity index is 320. The SMILES string of the molecule is CC(=O)c1ccccc1.CC(N)C(=O)O. The van der Waals surface area contributed by atoms with Gasteiger partial charge in [-0.25, -0.2) is 0 Å². The highest BCUT2D eigenvalue weighted by Gasteiger charge is 1.99. The van der Waals surface area contributed by atoms with Crippen LogP contribution in [0.1, 0.15) is 24.2 Å². The van der Waals surface area contributed by atoms with Gasteiger partial charge in [-0.2, -0.15) is 0 Å². The summed E-state index contributed by atoms with van der Waals surface area (Å²) in [6.45, 7) is 2.98. The van der Waals surface area contributed by atoms with Crippen LogP contribution in [0, 0.1) is 0 Å². The van der Waals surface area contributed by atoms with Gasteiger partial charge >= 0.3 is 5.97 Å². The molecule has 0 bridgehead atoms. The molecule has 0 spiro atoms. The number of hydrogen-bond donors (Lipinski definition) is 2. The Balaban J connectivity index is 0.000000288. The first kappa shape index (κ1) is 13.3. The number of nitrogens with two attached hydrogens (primary N) is 1. The Labute approximate surface area is 88.7 Å². The van der Waals surface area contributed by atoms with Crippen molar-refractivity contribution in [1.29, 1.82) is 0 Å². The second-order valence-corrected chi connectivity index (χ2v) is 3.05. The van der Waals surface area contributed by atoms with Crippen molar-refractivity contribution < 1.29 is 14.7 Å². The number of hydrogen-bond acceptors (Lipinski definition) is 3. The van der Waals surface area contributed by atoms with E-state index >= 15 is 0 Å². The van der Waals surface area contributed by atoms with Crippen LogP contribution in [0.2, 0.25) is 0 Å². The summed E-state index contributed by atoms with van der Waals surface area (Å²) in [6, 6.07) is 8.50. The van der Waals surface area contributed by atoms with E-state index in [-0.39, 0.29) is 5.78 Å². The molecule has 3 N–H and O–H groups in total. The van der Waals surface area contributed by atoms with Gasteiger partial charge in [0.1, 0.15) is 6.04 Å². The van der Waals surface area contributed by atoms with Crippen molar-refractivity contribution in [3.8, 4) is 0 Å². The second kappa shape index (κ2) is 6.73. The summed E-state index contributed by atoms with van der Waals surface area (Å²) in [4.78, 5) is 20.2. The Morgan fingerprint density at radius 3 is 1.87 bits per heavy atom. The molecule has 1 aromatic rings. The van der Waals surface area contributed by atoms with E-state index in [1.54, 1.807) is 6.92 Å². The van der Waals surface area contributed by atoms with Gasteiger partial charge in [0.15, 0.2) is 5.78 Å². The maximum absolute atomic E-state index is 10.6. The Morgan fingerprint density at radius 1 is 1.27 bits per heavy atom. The summed E-state index contributed by atoms with van der Waals surface area (Å²) in [5.74, 6) is -0.842. The van der Waals surface area contributed by atoms with Gasteiger partial charge in [-0.1, -0.05) is 30.3 Å². The van der Waals surface area contributed by atoms with Gasteiger partial charge in [0.05, 0.1) is 0 Å². The third-order valence-electron chi connectivity index (χ3n) is 1.57. The van der Waals surface area contributed by atoms with Crippen molar-refractivity contribution in [2.24, 2.45) is 5.73 Å². The van der Waals surface area contributed by atoms with Crippen molar-refractivity contribution in [2.45, 2.75) is 19.9 Å². The molecule has 0 saturated carbocycles. The van der Waals surface area contributed by atoms with Gasteiger partial charge in [-0.15, -0.1) is 0 Å². The largest absolute Gasteiger partial charge is 0.480 e. The van der Waals surface area contributed by atoms with E-state index in [0.29, 0.717) is 0 Å². The Hall–Kier alpha value is -1.68. The molecule has 0 saturated heterocycles. The van der Waals surface area contributed by atoms with Crippen LogP contribution in [0.25, 0.3) is 0 Å². The zero-order valence-electron chi connectivity index (χ0n) is 8.81. The van der Waals surface area contributed by atoms with Crippen molar-refractivity contribution in [1.82, 2.24) is 0 Å². The summed E-state index contributed by atoms with van der Waals surface area (Å²) in [5.41, 5.74) is 5.61. The summed E-state index contributed by atoms with van der Waals surface area (Å²) in [6.07, 6.45) is 0. The van der Waals surface area contributed by atoms with E-state index < -0.39 is 12.0 Å². The van der Waals surface area contributed by atoms with Gasteiger partial charge in [-0.05, 0) is 13.8 Å². The number of carbonyl (C=O) groups is 2. The molecule has 0 radical (unpaired) electrons. The molecule has 0 amide bonds. The van der Waals surface area contributed by atoms with Crippen LogP contribution in [0.15, 0.2) is 30.3 Å². The first-order chi connectivity index (χ1) is 6.95. The predicted octanol–water partition coefficient (Wildman–Crippen LogP) is 1.31. The average Bonchev–Trinajstić information content (AvgIpc) is 2.20. The maximum atomic E-state index is 10.6. The van der Waals surface area contributed by atoms with Crippen LogP contribution in [0.5, 0.6) is 0 Å². The van der Waals surface area contributed by atoms with Crippen LogP contribution < -0.4 is 5.73 Å². The standard InChI is InChI=1S/C8H8O.C3H7NO2/c1-7(9)8-5-3-2-4-6-8;1-2(4)3(5)6/h2-6H,1H3;2H,4H2,1H3,(H,5,6). The molecular formula is C11H15NO3. The minimum Gasteiger partial charge on any atom is -0.480 e. The number of benzene rings is 1. The molecule has 1 atom stereocenters. The number of aliphatic carboxylic acids is 1. The average molecular weight is 209 g/mol. The Morgan fingerprint density at radius 2 is 1.67 bits per heavy atom. The van der Waals surface area contributed by atoms with Crippen molar-refractivity contribution in [2.75, 3.05) is 0 Å². The molecule has 82 valence electrons.